The highest BCUT2D eigenvalue weighted by Crippen LogP contribution is 2.13. The van der Waals surface area contributed by atoms with Crippen molar-refractivity contribution in [3.8, 4) is 11.8 Å². The summed E-state index contributed by atoms with van der Waals surface area (Å²) in [6, 6.07) is 1.43. The Labute approximate surface area is 90.7 Å². The summed E-state index contributed by atoms with van der Waals surface area (Å²) in [5.41, 5.74) is 8.18. The molecule has 4 nitrogen and oxygen atoms in total. The van der Waals surface area contributed by atoms with Crippen LogP contribution in [0.3, 0.4) is 0 Å². The summed E-state index contributed by atoms with van der Waals surface area (Å²) in [5, 5.41) is 3.09. The van der Waals surface area contributed by atoms with Gasteiger partial charge in [0.1, 0.15) is 0 Å². The van der Waals surface area contributed by atoms with Crippen molar-refractivity contribution < 1.29 is 4.39 Å². The van der Waals surface area contributed by atoms with E-state index in [-0.39, 0.29) is 17.3 Å². The topological polar surface area (TPSA) is 61.7 Å². The highest BCUT2D eigenvalue weighted by molar-refractivity contribution is 6.29. The highest BCUT2D eigenvalue weighted by atomic mass is 35.5. The number of rotatable bonds is 2. The summed E-state index contributed by atoms with van der Waals surface area (Å²) in [4.78, 5) is 6.12. The summed E-state index contributed by atoms with van der Waals surface area (Å²) in [5.74, 6) is 4.61. The Morgan fingerprint density at radius 3 is 3.20 bits per heavy atom. The van der Waals surface area contributed by atoms with Crippen molar-refractivity contribution in [1.82, 2.24) is 4.98 Å². The molecule has 15 heavy (non-hydrogen) atoms. The van der Waals surface area contributed by atoms with Crippen molar-refractivity contribution in [2.45, 2.75) is 6.42 Å². The first kappa shape index (κ1) is 11.3. The third kappa shape index (κ3) is 3.47. The molecule has 0 aliphatic carbocycles. The second-order valence-corrected chi connectivity index (χ2v) is 2.83. The van der Waals surface area contributed by atoms with E-state index in [2.05, 4.69) is 26.9 Å². The van der Waals surface area contributed by atoms with E-state index in [4.69, 9.17) is 17.1 Å². The van der Waals surface area contributed by atoms with E-state index in [0.717, 1.165) is 0 Å². The first-order valence-electron chi connectivity index (χ1n) is 4.05. The molecule has 1 rings (SSSR count). The maximum Gasteiger partial charge on any atom is 0.176 e. The van der Waals surface area contributed by atoms with Crippen LogP contribution in [-0.2, 0) is 0 Å². The van der Waals surface area contributed by atoms with Crippen LogP contribution in [0.5, 0.6) is 0 Å². The molecule has 76 valence electrons. The van der Waals surface area contributed by atoms with E-state index in [1.807, 2.05) is 0 Å². The van der Waals surface area contributed by atoms with Gasteiger partial charge >= 0.3 is 0 Å². The molecule has 0 aromatic carbocycles. The van der Waals surface area contributed by atoms with Gasteiger partial charge in [0.25, 0.3) is 0 Å². The molecule has 6 heteroatoms. The van der Waals surface area contributed by atoms with E-state index in [9.17, 15) is 4.39 Å². The Morgan fingerprint density at radius 1 is 1.67 bits per heavy atom. The van der Waals surface area contributed by atoms with Gasteiger partial charge in [-0.3, -0.25) is 0 Å². The SMILES string of the molecule is [N-]=[N+]=NCCC#Cc1ccnc(Cl)c1F. The Bertz CT molecular complexity index is 457. The summed E-state index contributed by atoms with van der Waals surface area (Å²) >= 11 is 5.46. The lowest BCUT2D eigenvalue weighted by Crippen LogP contribution is -1.87. The number of pyridine rings is 1. The Kier molecular flexibility index (Phi) is 4.42. The largest absolute Gasteiger partial charge is 0.241 e. The summed E-state index contributed by atoms with van der Waals surface area (Å²) in [7, 11) is 0. The maximum atomic E-state index is 13.2. The molecule has 0 bridgehead atoms. The molecule has 0 saturated carbocycles. The molecular formula is C9H6ClFN4. The van der Waals surface area contributed by atoms with Crippen LogP contribution in [0.25, 0.3) is 10.4 Å². The van der Waals surface area contributed by atoms with Crippen molar-refractivity contribution in [2.75, 3.05) is 6.54 Å². The molecule has 0 radical (unpaired) electrons. The summed E-state index contributed by atoms with van der Waals surface area (Å²) < 4.78 is 13.2. The second kappa shape index (κ2) is 5.86. The van der Waals surface area contributed by atoms with E-state index >= 15 is 0 Å². The molecule has 0 atom stereocenters. The minimum Gasteiger partial charge on any atom is -0.241 e. The van der Waals surface area contributed by atoms with Crippen molar-refractivity contribution in [1.29, 1.82) is 0 Å². The molecule has 0 N–H and O–H groups in total. The van der Waals surface area contributed by atoms with E-state index in [1.54, 1.807) is 0 Å². The Balaban J connectivity index is 2.71. The number of aromatic nitrogens is 1. The number of azide groups is 1. The lowest BCUT2D eigenvalue weighted by atomic mass is 10.2. The molecule has 0 aliphatic rings. The van der Waals surface area contributed by atoms with Crippen LogP contribution >= 0.6 is 11.6 Å². The van der Waals surface area contributed by atoms with Gasteiger partial charge in [-0.05, 0) is 11.6 Å². The second-order valence-electron chi connectivity index (χ2n) is 2.47. The third-order valence-electron chi connectivity index (χ3n) is 1.47. The predicted molar refractivity (Wildman–Crippen MR) is 54.7 cm³/mol. The Hall–Kier alpha value is -1.76. The fraction of sp³-hybridized carbons (Fsp3) is 0.222. The number of hydrogen-bond donors (Lipinski definition) is 0. The van der Waals surface area contributed by atoms with Crippen molar-refractivity contribution >= 4 is 11.6 Å². The monoisotopic (exact) mass is 224 g/mol. The average Bonchev–Trinajstić information content (AvgIpc) is 2.24. The molecule has 0 fully saturated rings. The Morgan fingerprint density at radius 2 is 2.47 bits per heavy atom. The normalized spacial score (nSPS) is 8.67. The van der Waals surface area contributed by atoms with Gasteiger partial charge < -0.3 is 0 Å². The van der Waals surface area contributed by atoms with Gasteiger partial charge in [0.2, 0.25) is 0 Å². The van der Waals surface area contributed by atoms with Crippen molar-refractivity contribution in [3.05, 3.63) is 39.2 Å². The standard InChI is InChI=1S/C9H6ClFN4/c10-9-8(11)7(4-6-13-9)3-1-2-5-14-15-12/h4,6H,2,5H2. The lowest BCUT2D eigenvalue weighted by molar-refractivity contribution is 0.618. The minimum atomic E-state index is -0.629. The van der Waals surface area contributed by atoms with Gasteiger partial charge in [-0.1, -0.05) is 28.6 Å². The molecule has 1 aromatic heterocycles. The van der Waals surface area contributed by atoms with Crippen LogP contribution in [0, 0.1) is 17.7 Å². The van der Waals surface area contributed by atoms with Gasteiger partial charge in [0.05, 0.1) is 5.56 Å². The highest BCUT2D eigenvalue weighted by Gasteiger charge is 2.03. The summed E-state index contributed by atoms with van der Waals surface area (Å²) in [6.45, 7) is 0.268. The van der Waals surface area contributed by atoms with Crippen LogP contribution < -0.4 is 0 Å². The van der Waals surface area contributed by atoms with Gasteiger partial charge in [-0.2, -0.15) is 0 Å². The van der Waals surface area contributed by atoms with E-state index in [0.29, 0.717) is 6.42 Å². The van der Waals surface area contributed by atoms with Crippen LogP contribution in [0.4, 0.5) is 4.39 Å². The zero-order valence-corrected chi connectivity index (χ0v) is 8.37. The first-order valence-corrected chi connectivity index (χ1v) is 4.43. The van der Waals surface area contributed by atoms with E-state index in [1.165, 1.54) is 12.3 Å². The molecule has 0 amide bonds. The van der Waals surface area contributed by atoms with Gasteiger partial charge in [0.15, 0.2) is 11.0 Å². The smallest absolute Gasteiger partial charge is 0.176 e. The van der Waals surface area contributed by atoms with Crippen LogP contribution in [0.1, 0.15) is 12.0 Å². The van der Waals surface area contributed by atoms with Crippen LogP contribution in [-0.4, -0.2) is 11.5 Å². The minimum absolute atomic E-state index is 0.191. The van der Waals surface area contributed by atoms with Gasteiger partial charge in [-0.25, -0.2) is 9.37 Å². The summed E-state index contributed by atoms with van der Waals surface area (Å²) in [6.07, 6.45) is 1.76. The molecule has 0 unspecified atom stereocenters. The van der Waals surface area contributed by atoms with Crippen molar-refractivity contribution in [3.63, 3.8) is 0 Å². The average molecular weight is 225 g/mol. The molecule has 0 spiro atoms. The molecule has 0 saturated heterocycles. The zero-order valence-electron chi connectivity index (χ0n) is 7.61. The molecule has 1 aromatic rings. The fourth-order valence-electron chi connectivity index (χ4n) is 0.823. The molecule has 1 heterocycles. The predicted octanol–water partition coefficient (Wildman–Crippen LogP) is 2.93. The number of hydrogen-bond acceptors (Lipinski definition) is 2. The molecule has 0 aliphatic heterocycles. The van der Waals surface area contributed by atoms with Gasteiger partial charge in [0, 0.05) is 24.1 Å². The first-order chi connectivity index (χ1) is 7.25. The number of nitrogens with zero attached hydrogens (tertiary/aromatic N) is 4. The van der Waals surface area contributed by atoms with Crippen LogP contribution in [0.15, 0.2) is 17.4 Å². The zero-order chi connectivity index (χ0) is 11.1. The van der Waals surface area contributed by atoms with Crippen molar-refractivity contribution in [2.24, 2.45) is 5.11 Å². The van der Waals surface area contributed by atoms with Crippen LogP contribution in [0.2, 0.25) is 5.15 Å². The fourth-order valence-corrected chi connectivity index (χ4v) is 0.981. The maximum absolute atomic E-state index is 13.2. The molecular weight excluding hydrogens is 219 g/mol. The van der Waals surface area contributed by atoms with Gasteiger partial charge in [-0.15, -0.1) is 0 Å². The quantitative estimate of drug-likeness (QED) is 0.190. The third-order valence-corrected chi connectivity index (χ3v) is 1.73. The number of halogens is 2. The van der Waals surface area contributed by atoms with E-state index < -0.39 is 5.82 Å². The lowest BCUT2D eigenvalue weighted by Gasteiger charge is -1.94.